The molecule has 0 aliphatic heterocycles. The summed E-state index contributed by atoms with van der Waals surface area (Å²) in [6.45, 7) is 2.42. The van der Waals surface area contributed by atoms with Gasteiger partial charge in [-0.3, -0.25) is 4.39 Å². The van der Waals surface area contributed by atoms with E-state index in [-0.39, 0.29) is 10.8 Å². The Balaban J connectivity index is 0.00000106. The Hall–Kier alpha value is -2.04. The fourth-order valence-electron chi connectivity index (χ4n) is 1.96. The molecule has 0 aliphatic rings. The number of allylic oxidation sites excluding steroid dienone is 1. The van der Waals surface area contributed by atoms with E-state index in [0.717, 1.165) is 18.1 Å². The molecule has 2 aromatic rings. The second kappa shape index (κ2) is 8.29. The summed E-state index contributed by atoms with van der Waals surface area (Å²) in [5, 5.41) is 0.260. The van der Waals surface area contributed by atoms with E-state index in [1.165, 1.54) is 6.07 Å². The van der Waals surface area contributed by atoms with Crippen molar-refractivity contribution in [1.29, 1.82) is 0 Å². The first-order valence-electron chi connectivity index (χ1n) is 6.25. The highest BCUT2D eigenvalue weighted by Crippen LogP contribution is 2.30. The predicted octanol–water partition coefficient (Wildman–Crippen LogP) is 5.13. The van der Waals surface area contributed by atoms with Gasteiger partial charge in [0.25, 0.3) is 0 Å². The van der Waals surface area contributed by atoms with Crippen LogP contribution in [0.2, 0.25) is 0 Å². The van der Waals surface area contributed by atoms with Crippen molar-refractivity contribution in [3.8, 4) is 5.75 Å². The van der Waals surface area contributed by atoms with Gasteiger partial charge in [-0.2, -0.15) is 0 Å². The molecule has 0 heterocycles. The molecule has 0 N–H and O–H groups in total. The molecule has 0 fully saturated rings. The SMILES string of the molecule is C=CCCc1ccc2c(F)c(OCF)cc(F)c2c1.CF. The summed E-state index contributed by atoms with van der Waals surface area (Å²) in [4.78, 5) is 0. The smallest absolute Gasteiger partial charge is 0.228 e. The van der Waals surface area contributed by atoms with E-state index in [2.05, 4.69) is 11.3 Å². The van der Waals surface area contributed by atoms with Crippen LogP contribution in [0.4, 0.5) is 17.6 Å². The van der Waals surface area contributed by atoms with Gasteiger partial charge in [0.1, 0.15) is 5.82 Å². The van der Waals surface area contributed by atoms with Crippen molar-refractivity contribution in [3.63, 3.8) is 0 Å². The average molecular weight is 300 g/mol. The maximum atomic E-state index is 13.9. The van der Waals surface area contributed by atoms with Crippen LogP contribution in [-0.2, 0) is 6.42 Å². The molecule has 0 saturated heterocycles. The summed E-state index contributed by atoms with van der Waals surface area (Å²) in [6, 6.07) is 5.66. The molecule has 114 valence electrons. The molecule has 1 nitrogen and oxygen atoms in total. The van der Waals surface area contributed by atoms with E-state index in [1.807, 2.05) is 0 Å². The van der Waals surface area contributed by atoms with Crippen molar-refractivity contribution < 1.29 is 22.3 Å². The van der Waals surface area contributed by atoms with Crippen LogP contribution in [0.1, 0.15) is 12.0 Å². The minimum Gasteiger partial charge on any atom is -0.460 e. The molecule has 0 radical (unpaired) electrons. The van der Waals surface area contributed by atoms with Gasteiger partial charge in [0.15, 0.2) is 11.6 Å². The van der Waals surface area contributed by atoms with Crippen LogP contribution in [0.5, 0.6) is 5.75 Å². The van der Waals surface area contributed by atoms with Gasteiger partial charge in [0.05, 0.1) is 7.18 Å². The molecule has 0 aliphatic carbocycles. The van der Waals surface area contributed by atoms with Gasteiger partial charge < -0.3 is 4.74 Å². The minimum atomic E-state index is -1.20. The van der Waals surface area contributed by atoms with Gasteiger partial charge in [-0.15, -0.1) is 6.58 Å². The van der Waals surface area contributed by atoms with Crippen LogP contribution < -0.4 is 4.74 Å². The average Bonchev–Trinajstić information content (AvgIpc) is 2.52. The fourth-order valence-corrected chi connectivity index (χ4v) is 1.96. The van der Waals surface area contributed by atoms with Crippen LogP contribution in [0.3, 0.4) is 0 Å². The van der Waals surface area contributed by atoms with Crippen molar-refractivity contribution >= 4 is 10.8 Å². The van der Waals surface area contributed by atoms with Gasteiger partial charge in [0.2, 0.25) is 6.86 Å². The van der Waals surface area contributed by atoms with Gasteiger partial charge in [-0.05, 0) is 24.5 Å². The van der Waals surface area contributed by atoms with Crippen LogP contribution >= 0.6 is 0 Å². The Morgan fingerprint density at radius 1 is 1.14 bits per heavy atom. The third kappa shape index (κ3) is 3.97. The fraction of sp³-hybridized carbons (Fsp3) is 0.250. The lowest BCUT2D eigenvalue weighted by Gasteiger charge is -2.09. The van der Waals surface area contributed by atoms with Crippen LogP contribution in [0.15, 0.2) is 36.9 Å². The molecule has 0 amide bonds. The number of halogens is 4. The number of benzene rings is 2. The third-order valence-corrected chi connectivity index (χ3v) is 2.90. The predicted molar refractivity (Wildman–Crippen MR) is 76.0 cm³/mol. The largest absolute Gasteiger partial charge is 0.460 e. The lowest BCUT2D eigenvalue weighted by Crippen LogP contribution is -1.97. The van der Waals surface area contributed by atoms with Gasteiger partial charge in [-0.25, -0.2) is 13.2 Å². The molecule has 5 heteroatoms. The maximum absolute atomic E-state index is 13.9. The number of rotatable bonds is 5. The Kier molecular flexibility index (Phi) is 6.72. The molecule has 0 saturated carbocycles. The molecular formula is C16H16F4O. The monoisotopic (exact) mass is 300 g/mol. The number of hydrogen-bond donors (Lipinski definition) is 0. The highest BCUT2D eigenvalue weighted by atomic mass is 19.1. The number of fused-ring (bicyclic) bond motifs is 1. The summed E-state index contributed by atoms with van der Waals surface area (Å²) < 4.78 is 53.8. The summed E-state index contributed by atoms with van der Waals surface area (Å²) in [5.41, 5.74) is 0.893. The number of alkyl halides is 2. The zero-order chi connectivity index (χ0) is 15.8. The standard InChI is InChI=1S/C15H13F3O.CH3F/c1-2-3-4-10-5-6-11-12(7-10)13(17)8-14(15(11)18)19-9-16;1-2/h2,5-8H,1,3-4,9H2;1H3. The van der Waals surface area contributed by atoms with Crippen LogP contribution in [-0.4, -0.2) is 14.0 Å². The Labute approximate surface area is 120 Å². The molecule has 0 spiro atoms. The van der Waals surface area contributed by atoms with Crippen molar-refractivity contribution in [3.05, 3.63) is 54.1 Å². The molecule has 2 rings (SSSR count). The Morgan fingerprint density at radius 3 is 2.48 bits per heavy atom. The second-order valence-electron chi connectivity index (χ2n) is 4.13. The number of aryl methyl sites for hydroxylation is 1. The lowest BCUT2D eigenvalue weighted by molar-refractivity contribution is 0.184. The number of hydrogen-bond acceptors (Lipinski definition) is 1. The van der Waals surface area contributed by atoms with Crippen molar-refractivity contribution in [1.82, 2.24) is 0 Å². The van der Waals surface area contributed by atoms with E-state index in [1.54, 1.807) is 18.2 Å². The topological polar surface area (TPSA) is 9.23 Å². The highest BCUT2D eigenvalue weighted by molar-refractivity contribution is 5.86. The lowest BCUT2D eigenvalue weighted by atomic mass is 10.0. The van der Waals surface area contributed by atoms with E-state index in [9.17, 15) is 17.6 Å². The first kappa shape index (κ1) is 17.0. The molecule has 0 atom stereocenters. The minimum absolute atomic E-state index is 0.0887. The summed E-state index contributed by atoms with van der Waals surface area (Å²) in [7, 11) is 0.500. The van der Waals surface area contributed by atoms with Crippen molar-refractivity contribution in [2.24, 2.45) is 0 Å². The zero-order valence-electron chi connectivity index (χ0n) is 11.6. The third-order valence-electron chi connectivity index (χ3n) is 2.90. The molecule has 21 heavy (non-hydrogen) atoms. The summed E-state index contributed by atoms with van der Waals surface area (Å²) in [5.74, 6) is -1.78. The summed E-state index contributed by atoms with van der Waals surface area (Å²) in [6.07, 6.45) is 3.24. The maximum Gasteiger partial charge on any atom is 0.228 e. The Bertz CT molecular complexity index is 611. The van der Waals surface area contributed by atoms with Gasteiger partial charge in [0, 0.05) is 16.8 Å². The molecule has 0 bridgehead atoms. The van der Waals surface area contributed by atoms with E-state index < -0.39 is 24.2 Å². The zero-order valence-corrected chi connectivity index (χ0v) is 11.6. The van der Waals surface area contributed by atoms with E-state index in [0.29, 0.717) is 13.6 Å². The van der Waals surface area contributed by atoms with Crippen molar-refractivity contribution in [2.45, 2.75) is 12.8 Å². The first-order chi connectivity index (χ1) is 10.2. The quantitative estimate of drug-likeness (QED) is 0.549. The van der Waals surface area contributed by atoms with E-state index >= 15 is 0 Å². The van der Waals surface area contributed by atoms with Gasteiger partial charge >= 0.3 is 0 Å². The van der Waals surface area contributed by atoms with E-state index in [4.69, 9.17) is 0 Å². The highest BCUT2D eigenvalue weighted by Gasteiger charge is 2.13. The molecule has 0 aromatic heterocycles. The molecule has 2 aromatic carbocycles. The van der Waals surface area contributed by atoms with Crippen LogP contribution in [0, 0.1) is 11.6 Å². The molecular weight excluding hydrogens is 284 g/mol. The van der Waals surface area contributed by atoms with Gasteiger partial charge in [-0.1, -0.05) is 18.2 Å². The Morgan fingerprint density at radius 2 is 1.86 bits per heavy atom. The normalized spacial score (nSPS) is 9.95. The second-order valence-corrected chi connectivity index (χ2v) is 4.13. The first-order valence-corrected chi connectivity index (χ1v) is 6.25. The summed E-state index contributed by atoms with van der Waals surface area (Å²) >= 11 is 0. The van der Waals surface area contributed by atoms with Crippen molar-refractivity contribution in [2.75, 3.05) is 14.0 Å². The molecule has 0 unspecified atom stereocenters. The number of ether oxygens (including phenoxy) is 1. The van der Waals surface area contributed by atoms with Crippen LogP contribution in [0.25, 0.3) is 10.8 Å².